The van der Waals surface area contributed by atoms with Gasteiger partial charge in [0.2, 0.25) is 10.0 Å². The molecule has 1 saturated heterocycles. The van der Waals surface area contributed by atoms with Crippen molar-refractivity contribution in [1.82, 2.24) is 14.2 Å². The SMILES string of the molecule is CN(C)C(=O)c1cccc(S(=O)(=O)N2CCC[C@H]2CC(=O)O[C@@H](Cc2c(Cl)cncc2Cl)c2ccc(OC(F)F)c(OCC3CC3)c2)c1. The smallest absolute Gasteiger partial charge is 0.387 e. The van der Waals surface area contributed by atoms with Crippen molar-refractivity contribution < 1.29 is 41.0 Å². The third kappa shape index (κ3) is 8.73. The van der Waals surface area contributed by atoms with Gasteiger partial charge in [-0.2, -0.15) is 13.1 Å². The van der Waals surface area contributed by atoms with Gasteiger partial charge in [0.15, 0.2) is 11.5 Å². The van der Waals surface area contributed by atoms with Crippen molar-refractivity contribution in [2.75, 3.05) is 27.2 Å². The molecule has 0 unspecified atom stereocenters. The maximum atomic E-state index is 13.7. The Bertz CT molecular complexity index is 1740. The summed E-state index contributed by atoms with van der Waals surface area (Å²) in [4.78, 5) is 31.3. The lowest BCUT2D eigenvalue weighted by Crippen LogP contribution is -2.37. The average molecular weight is 727 g/mol. The molecule has 0 N–H and O–H groups in total. The van der Waals surface area contributed by atoms with Gasteiger partial charge < -0.3 is 19.1 Å². The van der Waals surface area contributed by atoms with E-state index in [0.717, 1.165) is 12.8 Å². The predicted molar refractivity (Wildman–Crippen MR) is 174 cm³/mol. The van der Waals surface area contributed by atoms with E-state index in [1.165, 1.54) is 64.1 Å². The van der Waals surface area contributed by atoms with Gasteiger partial charge in [0.05, 0.1) is 28.0 Å². The molecule has 2 heterocycles. The molecule has 0 bridgehead atoms. The molecule has 1 aliphatic heterocycles. The van der Waals surface area contributed by atoms with E-state index >= 15 is 0 Å². The summed E-state index contributed by atoms with van der Waals surface area (Å²) in [6.07, 6.45) is 4.39. The number of aromatic nitrogens is 1. The Morgan fingerprint density at radius 2 is 1.77 bits per heavy atom. The Kier molecular flexibility index (Phi) is 11.4. The molecule has 10 nitrogen and oxygen atoms in total. The molecule has 48 heavy (non-hydrogen) atoms. The number of sulfonamides is 1. The number of carbonyl (C=O) groups excluding carboxylic acids is 2. The maximum Gasteiger partial charge on any atom is 0.387 e. The van der Waals surface area contributed by atoms with Crippen LogP contribution in [0.5, 0.6) is 11.5 Å². The van der Waals surface area contributed by atoms with Crippen LogP contribution >= 0.6 is 23.2 Å². The molecule has 2 aliphatic rings. The highest BCUT2D eigenvalue weighted by atomic mass is 35.5. The highest BCUT2D eigenvalue weighted by Gasteiger charge is 2.38. The molecule has 0 radical (unpaired) electrons. The third-order valence-electron chi connectivity index (χ3n) is 8.16. The van der Waals surface area contributed by atoms with E-state index in [0.29, 0.717) is 36.5 Å². The number of pyridine rings is 1. The van der Waals surface area contributed by atoms with E-state index in [4.69, 9.17) is 32.7 Å². The normalized spacial score (nSPS) is 17.3. The molecule has 2 aromatic carbocycles. The zero-order valence-electron chi connectivity index (χ0n) is 26.3. The maximum absolute atomic E-state index is 13.7. The van der Waals surface area contributed by atoms with E-state index in [2.05, 4.69) is 9.72 Å². The van der Waals surface area contributed by atoms with Crippen LogP contribution in [0.25, 0.3) is 0 Å². The summed E-state index contributed by atoms with van der Waals surface area (Å²) in [6, 6.07) is 9.36. The average Bonchev–Trinajstić information content (AvgIpc) is 3.76. The monoisotopic (exact) mass is 725 g/mol. The largest absolute Gasteiger partial charge is 0.489 e. The number of alkyl halides is 2. The summed E-state index contributed by atoms with van der Waals surface area (Å²) < 4.78 is 71.6. The lowest BCUT2D eigenvalue weighted by Gasteiger charge is -2.26. The Morgan fingerprint density at radius 1 is 1.04 bits per heavy atom. The molecule has 15 heteroatoms. The molecule has 258 valence electrons. The van der Waals surface area contributed by atoms with Crippen molar-refractivity contribution in [3.8, 4) is 11.5 Å². The number of hydrogen-bond acceptors (Lipinski definition) is 8. The van der Waals surface area contributed by atoms with E-state index < -0.39 is 34.7 Å². The number of carbonyl (C=O) groups is 2. The number of benzene rings is 2. The second kappa shape index (κ2) is 15.4. The summed E-state index contributed by atoms with van der Waals surface area (Å²) in [7, 11) is -0.918. The Morgan fingerprint density at radius 3 is 2.44 bits per heavy atom. The minimum absolute atomic E-state index is 0.00240. The Balaban J connectivity index is 1.39. The van der Waals surface area contributed by atoms with Crippen LogP contribution in [0.4, 0.5) is 8.78 Å². The molecule has 1 aliphatic carbocycles. The van der Waals surface area contributed by atoms with Crippen LogP contribution in [-0.2, 0) is 26.0 Å². The number of rotatable bonds is 14. The quantitative estimate of drug-likeness (QED) is 0.172. The van der Waals surface area contributed by atoms with Gasteiger partial charge >= 0.3 is 12.6 Å². The lowest BCUT2D eigenvalue weighted by molar-refractivity contribution is -0.150. The van der Waals surface area contributed by atoms with Crippen LogP contribution in [-0.4, -0.2) is 74.4 Å². The first kappa shape index (κ1) is 35.8. The standard InChI is InChI=1S/C33H35Cl2F2N3O7S/c1-39(2)32(42)22-5-3-7-24(13-22)48(43,44)40-12-4-6-23(40)15-31(41)46-29(16-25-26(34)17-38-18-27(25)35)21-10-11-28(47-33(36)37)30(14-21)45-19-20-8-9-20/h3,5,7,10-11,13-14,17-18,20,23,29,33H,4,6,8-9,12,15-16,19H2,1-2H3/t23-,29-/m0/s1. The van der Waals surface area contributed by atoms with E-state index in [-0.39, 0.29) is 57.3 Å². The Labute approximate surface area is 287 Å². The number of ether oxygens (including phenoxy) is 3. The first-order valence-corrected chi connectivity index (χ1v) is 17.6. The fraction of sp³-hybridized carbons (Fsp3) is 0.424. The van der Waals surface area contributed by atoms with Gasteiger partial charge in [-0.05, 0) is 73.1 Å². The molecule has 1 saturated carbocycles. The second-order valence-electron chi connectivity index (χ2n) is 11.9. The highest BCUT2D eigenvalue weighted by molar-refractivity contribution is 7.89. The fourth-order valence-electron chi connectivity index (χ4n) is 5.48. The fourth-order valence-corrected chi connectivity index (χ4v) is 7.74. The molecular weight excluding hydrogens is 691 g/mol. The predicted octanol–water partition coefficient (Wildman–Crippen LogP) is 6.55. The highest BCUT2D eigenvalue weighted by Crippen LogP contribution is 2.38. The number of halogens is 4. The first-order valence-electron chi connectivity index (χ1n) is 15.4. The molecule has 0 spiro atoms. The summed E-state index contributed by atoms with van der Waals surface area (Å²) in [5.74, 6) is -0.821. The summed E-state index contributed by atoms with van der Waals surface area (Å²) >= 11 is 12.8. The van der Waals surface area contributed by atoms with Crippen LogP contribution in [0.2, 0.25) is 10.0 Å². The molecule has 2 atom stereocenters. The second-order valence-corrected chi connectivity index (χ2v) is 14.7. The molecule has 1 aromatic heterocycles. The van der Waals surface area contributed by atoms with E-state index in [9.17, 15) is 26.8 Å². The third-order valence-corrected chi connectivity index (χ3v) is 10.8. The number of amides is 1. The van der Waals surface area contributed by atoms with Crippen molar-refractivity contribution in [3.05, 3.63) is 81.6 Å². The number of hydrogen-bond donors (Lipinski definition) is 0. The zero-order chi connectivity index (χ0) is 34.6. The van der Waals surface area contributed by atoms with Gasteiger partial charge in [-0.3, -0.25) is 14.6 Å². The van der Waals surface area contributed by atoms with Gasteiger partial charge in [0, 0.05) is 51.1 Å². The van der Waals surface area contributed by atoms with Crippen LogP contribution < -0.4 is 9.47 Å². The molecular formula is C33H35Cl2F2N3O7S. The van der Waals surface area contributed by atoms with Gasteiger partial charge in [0.1, 0.15) is 6.10 Å². The summed E-state index contributed by atoms with van der Waals surface area (Å²) in [5, 5.41) is 0.462. The number of nitrogens with zero attached hydrogens (tertiary/aromatic N) is 3. The molecule has 1 amide bonds. The van der Waals surface area contributed by atoms with Crippen molar-refractivity contribution >= 4 is 45.1 Å². The van der Waals surface area contributed by atoms with Crippen LogP contribution in [0, 0.1) is 5.92 Å². The van der Waals surface area contributed by atoms with Gasteiger partial charge in [-0.15, -0.1) is 0 Å². The molecule has 2 fully saturated rings. The van der Waals surface area contributed by atoms with E-state index in [1.807, 2.05) is 0 Å². The summed E-state index contributed by atoms with van der Waals surface area (Å²) in [5.41, 5.74) is 1.06. The first-order chi connectivity index (χ1) is 22.8. The Hall–Kier alpha value is -3.52. The van der Waals surface area contributed by atoms with Crippen LogP contribution in [0.1, 0.15) is 59.7 Å². The van der Waals surface area contributed by atoms with Gasteiger partial charge in [-0.25, -0.2) is 8.42 Å². The van der Waals surface area contributed by atoms with Crippen molar-refractivity contribution in [3.63, 3.8) is 0 Å². The summed E-state index contributed by atoms with van der Waals surface area (Å²) in [6.45, 7) is -2.58. The topological polar surface area (TPSA) is 115 Å². The number of esters is 1. The van der Waals surface area contributed by atoms with Gasteiger partial charge in [-0.1, -0.05) is 35.3 Å². The minimum atomic E-state index is -4.06. The van der Waals surface area contributed by atoms with Crippen molar-refractivity contribution in [2.24, 2.45) is 5.92 Å². The minimum Gasteiger partial charge on any atom is -0.489 e. The zero-order valence-corrected chi connectivity index (χ0v) is 28.6. The van der Waals surface area contributed by atoms with Crippen LogP contribution in [0.3, 0.4) is 0 Å². The van der Waals surface area contributed by atoms with Crippen molar-refractivity contribution in [1.29, 1.82) is 0 Å². The molecule has 5 rings (SSSR count). The van der Waals surface area contributed by atoms with E-state index in [1.54, 1.807) is 14.1 Å². The molecule has 3 aromatic rings. The van der Waals surface area contributed by atoms with Crippen molar-refractivity contribution in [2.45, 2.75) is 62.2 Å². The van der Waals surface area contributed by atoms with Crippen LogP contribution in [0.15, 0.2) is 59.8 Å². The lowest BCUT2D eigenvalue weighted by atomic mass is 10.0. The van der Waals surface area contributed by atoms with Gasteiger partial charge in [0.25, 0.3) is 5.91 Å².